The van der Waals surface area contributed by atoms with Gasteiger partial charge < -0.3 is 14.9 Å². The summed E-state index contributed by atoms with van der Waals surface area (Å²) in [7, 11) is -3.74. The van der Waals surface area contributed by atoms with Crippen molar-refractivity contribution in [3.8, 4) is 0 Å². The molecular weight excluding hydrogens is 570 g/mol. The number of carbonyl (C=O) groups excluding carboxylic acids is 1. The summed E-state index contributed by atoms with van der Waals surface area (Å²) in [6, 6.07) is 5.22. The van der Waals surface area contributed by atoms with Gasteiger partial charge in [0.25, 0.3) is 5.56 Å². The number of aliphatic hydroxyl groups is 2. The van der Waals surface area contributed by atoms with E-state index >= 15 is 0 Å². The Balaban J connectivity index is 1.78. The number of ether oxygens (including phenoxy) is 1. The number of nitrogens with zero attached hydrogens (tertiary/aromatic N) is 2. The minimum Gasteiger partial charge on any atom is -0.390 e. The molecule has 0 amide bonds. The summed E-state index contributed by atoms with van der Waals surface area (Å²) in [4.78, 5) is 40.8. The molecule has 202 valence electrons. The van der Waals surface area contributed by atoms with E-state index in [1.54, 1.807) is 0 Å². The molecule has 1 unspecified atom stereocenters. The van der Waals surface area contributed by atoms with E-state index in [9.17, 15) is 33.0 Å². The standard InChI is InChI=1S/C24H30BrN3O8S/c1-3-11-27(12-4-2)37(34,35)17-7-5-15(6-8-17)20(30)21(31)22-18(29)13-19(36-22)28-14-16(9-10-25)23(32)26-24(28)33/h5-10,14,18-19,21-22,29,31H,3-4,11-13H2,1-2H3,(H,26,32,33)/b10-9+/t18-,19+,21?,22-/m0/s1. The molecule has 4 atom stereocenters. The molecule has 1 aliphatic heterocycles. The van der Waals surface area contributed by atoms with Gasteiger partial charge >= 0.3 is 5.69 Å². The third-order valence-electron chi connectivity index (χ3n) is 5.99. The number of H-pyrrole nitrogens is 1. The Hall–Kier alpha value is -2.42. The first-order valence-corrected chi connectivity index (χ1v) is 14.2. The number of Topliss-reactive ketones (excluding diaryl/α,β-unsaturated/α-hetero) is 1. The van der Waals surface area contributed by atoms with E-state index in [2.05, 4.69) is 20.9 Å². The average molecular weight is 600 g/mol. The number of aromatic nitrogens is 2. The van der Waals surface area contributed by atoms with Crippen LogP contribution in [0.3, 0.4) is 0 Å². The van der Waals surface area contributed by atoms with E-state index in [4.69, 9.17) is 4.74 Å². The Labute approximate surface area is 222 Å². The van der Waals surface area contributed by atoms with E-state index in [0.29, 0.717) is 25.9 Å². The number of rotatable bonds is 11. The monoisotopic (exact) mass is 599 g/mol. The highest BCUT2D eigenvalue weighted by Crippen LogP contribution is 2.31. The molecule has 1 fully saturated rings. The minimum absolute atomic E-state index is 0.0310. The zero-order valence-corrected chi connectivity index (χ0v) is 22.8. The zero-order valence-electron chi connectivity index (χ0n) is 20.4. The lowest BCUT2D eigenvalue weighted by Gasteiger charge is -2.22. The van der Waals surface area contributed by atoms with Crippen molar-refractivity contribution in [1.29, 1.82) is 0 Å². The molecular formula is C24H30BrN3O8S. The highest BCUT2D eigenvalue weighted by atomic mass is 79.9. The summed E-state index contributed by atoms with van der Waals surface area (Å²) in [6.45, 7) is 4.52. The Morgan fingerprint density at radius 2 is 1.86 bits per heavy atom. The molecule has 0 radical (unpaired) electrons. The van der Waals surface area contributed by atoms with Crippen molar-refractivity contribution in [2.45, 2.75) is 62.5 Å². The van der Waals surface area contributed by atoms with Gasteiger partial charge in [0, 0.05) is 31.3 Å². The van der Waals surface area contributed by atoms with Crippen molar-refractivity contribution in [2.24, 2.45) is 0 Å². The van der Waals surface area contributed by atoms with Gasteiger partial charge in [-0.25, -0.2) is 13.2 Å². The van der Waals surface area contributed by atoms with Crippen LogP contribution >= 0.6 is 15.9 Å². The molecule has 0 spiro atoms. The third-order valence-corrected chi connectivity index (χ3v) is 8.16. The third kappa shape index (κ3) is 6.36. The van der Waals surface area contributed by atoms with Gasteiger partial charge in [-0.1, -0.05) is 29.8 Å². The van der Waals surface area contributed by atoms with Gasteiger partial charge in [0.2, 0.25) is 10.0 Å². The van der Waals surface area contributed by atoms with Crippen LogP contribution in [0.4, 0.5) is 0 Å². The minimum atomic E-state index is -3.74. The first-order chi connectivity index (χ1) is 17.5. The van der Waals surface area contributed by atoms with Crippen LogP contribution in [0.1, 0.15) is 55.3 Å². The molecule has 0 aliphatic carbocycles. The number of carbonyl (C=O) groups is 1. The quantitative estimate of drug-likeness (QED) is 0.328. The number of benzene rings is 1. The molecule has 3 rings (SSSR count). The molecule has 13 heteroatoms. The van der Waals surface area contributed by atoms with Gasteiger partial charge in [-0.3, -0.25) is 19.1 Å². The van der Waals surface area contributed by atoms with E-state index in [1.807, 2.05) is 13.8 Å². The maximum absolute atomic E-state index is 12.9. The second kappa shape index (κ2) is 12.4. The fourth-order valence-electron chi connectivity index (χ4n) is 4.14. The number of aliphatic hydroxyl groups excluding tert-OH is 2. The van der Waals surface area contributed by atoms with E-state index in [0.717, 1.165) is 4.57 Å². The number of ketones is 1. The highest BCUT2D eigenvalue weighted by molar-refractivity contribution is 9.11. The van der Waals surface area contributed by atoms with Crippen molar-refractivity contribution in [3.63, 3.8) is 0 Å². The summed E-state index contributed by atoms with van der Waals surface area (Å²) in [5.41, 5.74) is -1.19. The van der Waals surface area contributed by atoms with Crippen molar-refractivity contribution < 1.29 is 28.2 Å². The van der Waals surface area contributed by atoms with Crippen LogP contribution in [0, 0.1) is 0 Å². The van der Waals surface area contributed by atoms with Gasteiger partial charge in [0.05, 0.1) is 16.6 Å². The Kier molecular flexibility index (Phi) is 9.78. The van der Waals surface area contributed by atoms with Crippen LogP contribution in [0.15, 0.2) is 49.9 Å². The summed E-state index contributed by atoms with van der Waals surface area (Å²) >= 11 is 3.06. The second-order valence-corrected chi connectivity index (χ2v) is 11.1. The lowest BCUT2D eigenvalue weighted by molar-refractivity contribution is -0.0714. The lowest BCUT2D eigenvalue weighted by Crippen LogP contribution is -2.40. The van der Waals surface area contributed by atoms with Crippen molar-refractivity contribution in [1.82, 2.24) is 13.9 Å². The summed E-state index contributed by atoms with van der Waals surface area (Å²) in [5.74, 6) is -0.774. The Bertz CT molecular complexity index is 1350. The SMILES string of the molecule is CCCN(CCC)S(=O)(=O)c1ccc(C(=O)C(O)[C@H]2O[C@@H](n3cc(/C=C/Br)c(=O)[nH]c3=O)C[C@@H]2O)cc1. The first kappa shape index (κ1) is 29.1. The van der Waals surface area contributed by atoms with Crippen LogP contribution in [0.2, 0.25) is 0 Å². The number of aromatic amines is 1. The smallest absolute Gasteiger partial charge is 0.330 e. The molecule has 37 heavy (non-hydrogen) atoms. The normalized spacial score (nSPS) is 21.1. The number of sulfonamides is 1. The maximum Gasteiger partial charge on any atom is 0.330 e. The van der Waals surface area contributed by atoms with Gasteiger partial charge in [0.1, 0.15) is 18.4 Å². The highest BCUT2D eigenvalue weighted by Gasteiger charge is 2.42. The van der Waals surface area contributed by atoms with E-state index < -0.39 is 51.6 Å². The van der Waals surface area contributed by atoms with Crippen LogP contribution in [-0.2, 0) is 14.8 Å². The predicted octanol–water partition coefficient (Wildman–Crippen LogP) is 1.61. The second-order valence-electron chi connectivity index (χ2n) is 8.64. The molecule has 1 aromatic carbocycles. The zero-order chi connectivity index (χ0) is 27.3. The first-order valence-electron chi connectivity index (χ1n) is 11.8. The largest absolute Gasteiger partial charge is 0.390 e. The fourth-order valence-corrected chi connectivity index (χ4v) is 6.05. The molecule has 0 saturated carbocycles. The number of halogens is 1. The van der Waals surface area contributed by atoms with Crippen molar-refractivity contribution in [3.05, 3.63) is 67.4 Å². The fraction of sp³-hybridized carbons (Fsp3) is 0.458. The number of hydrogen-bond donors (Lipinski definition) is 3. The number of nitrogens with one attached hydrogen (secondary N) is 1. The van der Waals surface area contributed by atoms with Crippen LogP contribution in [0.5, 0.6) is 0 Å². The number of hydrogen-bond acceptors (Lipinski definition) is 8. The van der Waals surface area contributed by atoms with Gasteiger partial charge in [0.15, 0.2) is 5.78 Å². The average Bonchev–Trinajstić information content (AvgIpc) is 3.25. The Morgan fingerprint density at radius 3 is 2.43 bits per heavy atom. The molecule has 2 aromatic rings. The van der Waals surface area contributed by atoms with E-state index in [1.165, 1.54) is 45.8 Å². The maximum atomic E-state index is 12.9. The van der Waals surface area contributed by atoms with Crippen LogP contribution in [0.25, 0.3) is 6.08 Å². The molecule has 1 saturated heterocycles. The van der Waals surface area contributed by atoms with Crippen LogP contribution in [-0.4, -0.2) is 69.7 Å². The molecule has 1 aromatic heterocycles. The summed E-state index contributed by atoms with van der Waals surface area (Å²) in [6.07, 6.45) is -1.56. The van der Waals surface area contributed by atoms with Crippen molar-refractivity contribution >= 4 is 37.8 Å². The van der Waals surface area contributed by atoms with Gasteiger partial charge in [-0.2, -0.15) is 4.31 Å². The Morgan fingerprint density at radius 1 is 1.24 bits per heavy atom. The molecule has 11 nitrogen and oxygen atoms in total. The topological polar surface area (TPSA) is 159 Å². The summed E-state index contributed by atoms with van der Waals surface area (Å²) < 4.78 is 34.0. The van der Waals surface area contributed by atoms with Gasteiger partial charge in [-0.05, 0) is 48.2 Å². The molecule has 1 aliphatic rings. The molecule has 2 heterocycles. The van der Waals surface area contributed by atoms with E-state index in [-0.39, 0.29) is 22.4 Å². The van der Waals surface area contributed by atoms with Crippen molar-refractivity contribution in [2.75, 3.05) is 13.1 Å². The van der Waals surface area contributed by atoms with Gasteiger partial charge in [-0.15, -0.1) is 0 Å². The predicted molar refractivity (Wildman–Crippen MR) is 140 cm³/mol. The lowest BCUT2D eigenvalue weighted by atomic mass is 9.99. The summed E-state index contributed by atoms with van der Waals surface area (Å²) in [5, 5.41) is 21.2. The van der Waals surface area contributed by atoms with Crippen LogP contribution < -0.4 is 11.2 Å². The molecule has 3 N–H and O–H groups in total. The molecule has 0 bridgehead atoms.